The van der Waals surface area contributed by atoms with Crippen LogP contribution in [-0.4, -0.2) is 65.5 Å². The smallest absolute Gasteiger partial charge is 0.251 e. The van der Waals surface area contributed by atoms with E-state index in [4.69, 9.17) is 4.74 Å². The maximum atomic E-state index is 12.4. The minimum atomic E-state index is -0.277. The Hall–Kier alpha value is -3.16. The molecule has 8 nitrogen and oxygen atoms in total. The van der Waals surface area contributed by atoms with E-state index in [0.29, 0.717) is 43.4 Å². The summed E-state index contributed by atoms with van der Waals surface area (Å²) in [5.41, 5.74) is 0.495. The van der Waals surface area contributed by atoms with Crippen LogP contribution in [0.4, 0.5) is 5.95 Å². The van der Waals surface area contributed by atoms with Crippen molar-refractivity contribution in [3.8, 4) is 5.75 Å². The molecule has 0 atom stereocenters. The number of nitrogens with one attached hydrogen (secondary N) is 1. The first kappa shape index (κ1) is 19.6. The fourth-order valence-electron chi connectivity index (χ4n) is 2.94. The Labute approximate surface area is 164 Å². The fraction of sp³-hybridized carbons (Fsp3) is 0.400. The molecular formula is C20H25N5O3. The van der Waals surface area contributed by atoms with Gasteiger partial charge >= 0.3 is 0 Å². The molecule has 1 aliphatic rings. The van der Waals surface area contributed by atoms with E-state index in [9.17, 15) is 9.59 Å². The van der Waals surface area contributed by atoms with Gasteiger partial charge in [-0.05, 0) is 44.2 Å². The molecule has 2 amide bonds. The van der Waals surface area contributed by atoms with Crippen molar-refractivity contribution in [1.29, 1.82) is 0 Å². The van der Waals surface area contributed by atoms with Gasteiger partial charge < -0.3 is 19.9 Å². The average molecular weight is 383 g/mol. The second-order valence-corrected chi connectivity index (χ2v) is 6.79. The first-order valence-corrected chi connectivity index (χ1v) is 9.37. The normalized spacial score (nSPS) is 14.1. The summed E-state index contributed by atoms with van der Waals surface area (Å²) in [4.78, 5) is 36.9. The molecule has 1 aromatic carbocycles. The van der Waals surface area contributed by atoms with Crippen LogP contribution < -0.4 is 15.0 Å². The molecule has 0 unspecified atom stereocenters. The number of rotatable bonds is 6. The van der Waals surface area contributed by atoms with E-state index in [2.05, 4.69) is 15.3 Å². The first-order valence-electron chi connectivity index (χ1n) is 9.37. The van der Waals surface area contributed by atoms with Crippen molar-refractivity contribution < 1.29 is 14.3 Å². The predicted molar refractivity (Wildman–Crippen MR) is 105 cm³/mol. The number of anilines is 1. The Kier molecular flexibility index (Phi) is 6.41. The Morgan fingerprint density at radius 1 is 1.07 bits per heavy atom. The molecule has 1 aliphatic heterocycles. The highest BCUT2D eigenvalue weighted by Crippen LogP contribution is 2.14. The van der Waals surface area contributed by atoms with Crippen molar-refractivity contribution in [3.63, 3.8) is 0 Å². The van der Waals surface area contributed by atoms with E-state index in [1.807, 2.05) is 18.7 Å². The maximum absolute atomic E-state index is 12.4. The molecule has 1 fully saturated rings. The van der Waals surface area contributed by atoms with Crippen LogP contribution in [0.5, 0.6) is 5.75 Å². The molecule has 8 heteroatoms. The Morgan fingerprint density at radius 3 is 2.32 bits per heavy atom. The second kappa shape index (κ2) is 9.16. The third kappa shape index (κ3) is 5.18. The summed E-state index contributed by atoms with van der Waals surface area (Å²) < 4.78 is 5.56. The van der Waals surface area contributed by atoms with Crippen LogP contribution in [-0.2, 0) is 4.79 Å². The molecule has 1 saturated heterocycles. The van der Waals surface area contributed by atoms with Gasteiger partial charge in [0.15, 0.2) is 0 Å². The molecule has 0 spiro atoms. The standard InChI is InChI=1S/C20H25N5O3/c1-15(2)28-17-6-4-16(5-7-17)19(27)23-14-18(26)24-10-12-25(13-11-24)20-21-8-3-9-22-20/h3-9,15H,10-14H2,1-2H3,(H,23,27). The Bertz CT molecular complexity index is 787. The van der Waals surface area contributed by atoms with E-state index < -0.39 is 0 Å². The summed E-state index contributed by atoms with van der Waals surface area (Å²) in [6.45, 7) is 6.35. The van der Waals surface area contributed by atoms with Gasteiger partial charge in [0.05, 0.1) is 12.6 Å². The number of ether oxygens (including phenoxy) is 1. The lowest BCUT2D eigenvalue weighted by Crippen LogP contribution is -2.51. The van der Waals surface area contributed by atoms with Crippen molar-refractivity contribution in [2.75, 3.05) is 37.6 Å². The minimum absolute atomic E-state index is 0.0229. The quantitative estimate of drug-likeness (QED) is 0.810. The van der Waals surface area contributed by atoms with Crippen molar-refractivity contribution in [3.05, 3.63) is 48.3 Å². The number of amides is 2. The van der Waals surface area contributed by atoms with Crippen molar-refractivity contribution >= 4 is 17.8 Å². The molecule has 28 heavy (non-hydrogen) atoms. The van der Waals surface area contributed by atoms with Crippen molar-refractivity contribution in [2.24, 2.45) is 0 Å². The van der Waals surface area contributed by atoms with Gasteiger partial charge in [0.25, 0.3) is 5.91 Å². The lowest BCUT2D eigenvalue weighted by molar-refractivity contribution is -0.130. The highest BCUT2D eigenvalue weighted by atomic mass is 16.5. The monoisotopic (exact) mass is 383 g/mol. The highest BCUT2D eigenvalue weighted by Gasteiger charge is 2.22. The third-order valence-corrected chi connectivity index (χ3v) is 4.36. The number of carbonyl (C=O) groups is 2. The predicted octanol–water partition coefficient (Wildman–Crippen LogP) is 1.34. The van der Waals surface area contributed by atoms with Gasteiger partial charge in [-0.15, -0.1) is 0 Å². The molecule has 148 valence electrons. The first-order chi connectivity index (χ1) is 13.5. The second-order valence-electron chi connectivity index (χ2n) is 6.79. The van der Waals surface area contributed by atoms with Gasteiger partial charge in [-0.1, -0.05) is 0 Å². The van der Waals surface area contributed by atoms with Crippen molar-refractivity contribution in [1.82, 2.24) is 20.2 Å². The lowest BCUT2D eigenvalue weighted by atomic mass is 10.2. The maximum Gasteiger partial charge on any atom is 0.251 e. The number of carbonyl (C=O) groups excluding carboxylic acids is 2. The van der Waals surface area contributed by atoms with Crippen LogP contribution in [0.15, 0.2) is 42.7 Å². The SMILES string of the molecule is CC(C)Oc1ccc(C(=O)NCC(=O)N2CCN(c3ncccn3)CC2)cc1. The highest BCUT2D eigenvalue weighted by molar-refractivity contribution is 5.96. The van der Waals surface area contributed by atoms with Gasteiger partial charge in [-0.2, -0.15) is 0 Å². The number of nitrogens with zero attached hydrogens (tertiary/aromatic N) is 4. The molecule has 2 heterocycles. The average Bonchev–Trinajstić information content (AvgIpc) is 2.72. The Balaban J connectivity index is 1.44. The molecule has 0 saturated carbocycles. The molecule has 1 aromatic heterocycles. The molecule has 0 radical (unpaired) electrons. The van der Waals surface area contributed by atoms with Crippen LogP contribution in [0.2, 0.25) is 0 Å². The molecular weight excluding hydrogens is 358 g/mol. The van der Waals surface area contributed by atoms with E-state index in [1.54, 1.807) is 47.6 Å². The van der Waals surface area contributed by atoms with Crippen LogP contribution in [0.3, 0.4) is 0 Å². The summed E-state index contributed by atoms with van der Waals surface area (Å²) >= 11 is 0. The van der Waals surface area contributed by atoms with Crippen molar-refractivity contribution in [2.45, 2.75) is 20.0 Å². The van der Waals surface area contributed by atoms with E-state index in [-0.39, 0.29) is 24.5 Å². The molecule has 0 bridgehead atoms. The summed E-state index contributed by atoms with van der Waals surface area (Å²) in [7, 11) is 0. The number of hydrogen-bond acceptors (Lipinski definition) is 6. The van der Waals surface area contributed by atoms with Gasteiger partial charge in [0, 0.05) is 44.1 Å². The molecule has 1 N–H and O–H groups in total. The van der Waals surface area contributed by atoms with Gasteiger partial charge in [-0.25, -0.2) is 9.97 Å². The molecule has 3 rings (SSSR count). The van der Waals surface area contributed by atoms with E-state index in [0.717, 1.165) is 0 Å². The summed E-state index contributed by atoms with van der Waals surface area (Å²) in [6, 6.07) is 8.66. The lowest BCUT2D eigenvalue weighted by Gasteiger charge is -2.34. The largest absolute Gasteiger partial charge is 0.491 e. The summed E-state index contributed by atoms with van der Waals surface area (Å²) in [5, 5.41) is 2.69. The topological polar surface area (TPSA) is 87.7 Å². The number of aromatic nitrogens is 2. The zero-order valence-electron chi connectivity index (χ0n) is 16.2. The van der Waals surface area contributed by atoms with Crippen LogP contribution >= 0.6 is 0 Å². The molecule has 0 aliphatic carbocycles. The number of piperazine rings is 1. The van der Waals surface area contributed by atoms with Gasteiger partial charge in [0.2, 0.25) is 11.9 Å². The zero-order valence-corrected chi connectivity index (χ0v) is 16.2. The van der Waals surface area contributed by atoms with Crippen LogP contribution in [0, 0.1) is 0 Å². The number of hydrogen-bond donors (Lipinski definition) is 1. The van der Waals surface area contributed by atoms with Gasteiger partial charge in [-0.3, -0.25) is 9.59 Å². The summed E-state index contributed by atoms with van der Waals surface area (Å²) in [6.07, 6.45) is 3.49. The third-order valence-electron chi connectivity index (χ3n) is 4.36. The zero-order chi connectivity index (χ0) is 19.9. The molecule has 2 aromatic rings. The number of benzene rings is 1. The fourth-order valence-corrected chi connectivity index (χ4v) is 2.94. The van der Waals surface area contributed by atoms with Crippen LogP contribution in [0.1, 0.15) is 24.2 Å². The van der Waals surface area contributed by atoms with E-state index >= 15 is 0 Å². The van der Waals surface area contributed by atoms with Crippen LogP contribution in [0.25, 0.3) is 0 Å². The Morgan fingerprint density at radius 2 is 1.71 bits per heavy atom. The summed E-state index contributed by atoms with van der Waals surface area (Å²) in [5.74, 6) is 1.01. The minimum Gasteiger partial charge on any atom is -0.491 e. The van der Waals surface area contributed by atoms with Gasteiger partial charge in [0.1, 0.15) is 5.75 Å². The van der Waals surface area contributed by atoms with E-state index in [1.165, 1.54) is 0 Å².